The zero-order chi connectivity index (χ0) is 15.3. The SMILES string of the molecule is CC(C)NCC1(CN(C)C(C)c2cccs2)CCCOC1. The minimum absolute atomic E-state index is 0.253. The standard InChI is InChI=1S/C17H30N2OS/c1-14(2)18-11-17(8-6-9-20-13-17)12-19(4)15(3)16-7-5-10-21-16/h5,7,10,14-15,18H,6,8-9,11-13H2,1-4H3. The van der Waals surface area contributed by atoms with E-state index < -0.39 is 0 Å². The Hall–Kier alpha value is -0.420. The Kier molecular flexibility index (Phi) is 6.23. The molecule has 0 spiro atoms. The Labute approximate surface area is 133 Å². The molecule has 2 atom stereocenters. The first-order valence-electron chi connectivity index (χ1n) is 8.07. The molecular weight excluding hydrogens is 280 g/mol. The first-order valence-corrected chi connectivity index (χ1v) is 8.95. The Balaban J connectivity index is 2.00. The molecule has 1 aromatic heterocycles. The van der Waals surface area contributed by atoms with E-state index in [2.05, 4.69) is 55.5 Å². The van der Waals surface area contributed by atoms with Crippen molar-refractivity contribution < 1.29 is 4.74 Å². The van der Waals surface area contributed by atoms with Crippen molar-refractivity contribution in [2.75, 3.05) is 33.4 Å². The van der Waals surface area contributed by atoms with E-state index in [-0.39, 0.29) is 5.41 Å². The Morgan fingerprint density at radius 1 is 1.43 bits per heavy atom. The zero-order valence-corrected chi connectivity index (χ0v) is 14.7. The van der Waals surface area contributed by atoms with Crippen LogP contribution in [0.15, 0.2) is 17.5 Å². The molecule has 0 bridgehead atoms. The van der Waals surface area contributed by atoms with Crippen molar-refractivity contribution in [2.24, 2.45) is 5.41 Å². The molecule has 1 aliphatic rings. The molecule has 1 saturated heterocycles. The minimum atomic E-state index is 0.253. The fourth-order valence-electron chi connectivity index (χ4n) is 3.06. The number of hydrogen-bond donors (Lipinski definition) is 1. The first kappa shape index (κ1) is 16.9. The van der Waals surface area contributed by atoms with Crippen molar-refractivity contribution >= 4 is 11.3 Å². The van der Waals surface area contributed by atoms with Gasteiger partial charge in [-0.3, -0.25) is 4.90 Å². The van der Waals surface area contributed by atoms with Crippen LogP contribution in [0.5, 0.6) is 0 Å². The summed E-state index contributed by atoms with van der Waals surface area (Å²) < 4.78 is 5.83. The number of nitrogens with one attached hydrogen (secondary N) is 1. The van der Waals surface area contributed by atoms with Gasteiger partial charge in [0.15, 0.2) is 0 Å². The van der Waals surface area contributed by atoms with Crippen molar-refractivity contribution in [3.05, 3.63) is 22.4 Å². The van der Waals surface area contributed by atoms with Crippen LogP contribution in [-0.2, 0) is 4.74 Å². The molecule has 0 aliphatic carbocycles. The van der Waals surface area contributed by atoms with Gasteiger partial charge in [0.25, 0.3) is 0 Å². The van der Waals surface area contributed by atoms with Gasteiger partial charge in [-0.05, 0) is 38.3 Å². The summed E-state index contributed by atoms with van der Waals surface area (Å²) in [5, 5.41) is 5.80. The highest BCUT2D eigenvalue weighted by Gasteiger charge is 2.35. The molecule has 1 fully saturated rings. The van der Waals surface area contributed by atoms with E-state index in [0.29, 0.717) is 12.1 Å². The number of rotatable bonds is 7. The first-order chi connectivity index (χ1) is 10.0. The highest BCUT2D eigenvalue weighted by Crippen LogP contribution is 2.32. The molecule has 3 nitrogen and oxygen atoms in total. The van der Waals surface area contributed by atoms with Crippen LogP contribution in [0.1, 0.15) is 44.5 Å². The topological polar surface area (TPSA) is 24.5 Å². The summed E-state index contributed by atoms with van der Waals surface area (Å²) in [4.78, 5) is 3.93. The molecule has 1 N–H and O–H groups in total. The van der Waals surface area contributed by atoms with Crippen LogP contribution in [-0.4, -0.2) is 44.3 Å². The normalized spacial score (nSPS) is 24.7. The molecule has 1 aromatic rings. The maximum atomic E-state index is 5.83. The number of thiophene rings is 1. The van der Waals surface area contributed by atoms with Crippen LogP contribution in [0.2, 0.25) is 0 Å². The van der Waals surface area contributed by atoms with Crippen molar-refractivity contribution in [1.82, 2.24) is 10.2 Å². The average Bonchev–Trinajstić information content (AvgIpc) is 2.99. The van der Waals surface area contributed by atoms with E-state index in [1.165, 1.54) is 17.7 Å². The van der Waals surface area contributed by atoms with Gasteiger partial charge in [0, 0.05) is 42.1 Å². The quantitative estimate of drug-likeness (QED) is 0.834. The lowest BCUT2D eigenvalue weighted by atomic mass is 9.81. The highest BCUT2D eigenvalue weighted by molar-refractivity contribution is 7.10. The number of hydrogen-bond acceptors (Lipinski definition) is 4. The fraction of sp³-hybridized carbons (Fsp3) is 0.765. The van der Waals surface area contributed by atoms with Crippen LogP contribution in [0, 0.1) is 5.41 Å². The fourth-order valence-corrected chi connectivity index (χ4v) is 3.91. The van der Waals surface area contributed by atoms with Gasteiger partial charge in [0.1, 0.15) is 0 Å². The molecule has 2 rings (SSSR count). The van der Waals surface area contributed by atoms with Crippen molar-refractivity contribution in [1.29, 1.82) is 0 Å². The lowest BCUT2D eigenvalue weighted by Crippen LogP contribution is -2.49. The lowest BCUT2D eigenvalue weighted by Gasteiger charge is -2.42. The predicted molar refractivity (Wildman–Crippen MR) is 91.0 cm³/mol. The summed E-state index contributed by atoms with van der Waals surface area (Å²) in [6.45, 7) is 10.7. The van der Waals surface area contributed by atoms with Crippen molar-refractivity contribution in [3.63, 3.8) is 0 Å². The van der Waals surface area contributed by atoms with Gasteiger partial charge < -0.3 is 10.1 Å². The molecule has 0 saturated carbocycles. The molecule has 1 aliphatic heterocycles. The maximum Gasteiger partial charge on any atom is 0.0546 e. The minimum Gasteiger partial charge on any atom is -0.381 e. The second-order valence-corrected chi connectivity index (χ2v) is 7.78. The molecule has 21 heavy (non-hydrogen) atoms. The van der Waals surface area contributed by atoms with E-state index >= 15 is 0 Å². The molecule has 2 heterocycles. The van der Waals surface area contributed by atoms with E-state index in [1.807, 2.05) is 11.3 Å². The second kappa shape index (κ2) is 7.73. The molecule has 120 valence electrons. The van der Waals surface area contributed by atoms with Crippen LogP contribution < -0.4 is 5.32 Å². The number of nitrogens with zero attached hydrogens (tertiary/aromatic N) is 1. The van der Waals surface area contributed by atoms with Crippen LogP contribution in [0.25, 0.3) is 0 Å². The third kappa shape index (κ3) is 4.78. The van der Waals surface area contributed by atoms with Crippen LogP contribution in [0.3, 0.4) is 0 Å². The lowest BCUT2D eigenvalue weighted by molar-refractivity contribution is -0.0281. The summed E-state index contributed by atoms with van der Waals surface area (Å²) in [7, 11) is 2.25. The van der Waals surface area contributed by atoms with E-state index in [1.54, 1.807) is 0 Å². The third-order valence-corrected chi connectivity index (χ3v) is 5.53. The average molecular weight is 311 g/mol. The van der Waals surface area contributed by atoms with Gasteiger partial charge >= 0.3 is 0 Å². The Morgan fingerprint density at radius 2 is 2.24 bits per heavy atom. The van der Waals surface area contributed by atoms with E-state index in [0.717, 1.165) is 26.3 Å². The summed E-state index contributed by atoms with van der Waals surface area (Å²) in [6.07, 6.45) is 2.44. The molecule has 2 unspecified atom stereocenters. The van der Waals surface area contributed by atoms with Crippen molar-refractivity contribution in [2.45, 2.75) is 45.7 Å². The predicted octanol–water partition coefficient (Wildman–Crippen LogP) is 3.54. The van der Waals surface area contributed by atoms with Gasteiger partial charge in [-0.1, -0.05) is 19.9 Å². The maximum absolute atomic E-state index is 5.83. The zero-order valence-electron chi connectivity index (χ0n) is 13.9. The molecular formula is C17H30N2OS. The molecule has 0 amide bonds. The monoisotopic (exact) mass is 310 g/mol. The van der Waals surface area contributed by atoms with Gasteiger partial charge in [-0.15, -0.1) is 11.3 Å². The van der Waals surface area contributed by atoms with Crippen molar-refractivity contribution in [3.8, 4) is 0 Å². The largest absolute Gasteiger partial charge is 0.381 e. The third-order valence-electron chi connectivity index (χ3n) is 4.49. The van der Waals surface area contributed by atoms with E-state index in [4.69, 9.17) is 4.74 Å². The number of ether oxygens (including phenoxy) is 1. The van der Waals surface area contributed by atoms with Gasteiger partial charge in [0.05, 0.1) is 6.61 Å². The van der Waals surface area contributed by atoms with Crippen LogP contribution >= 0.6 is 11.3 Å². The smallest absolute Gasteiger partial charge is 0.0546 e. The molecule has 4 heteroatoms. The molecule has 0 aromatic carbocycles. The molecule has 0 radical (unpaired) electrons. The Morgan fingerprint density at radius 3 is 2.81 bits per heavy atom. The van der Waals surface area contributed by atoms with Gasteiger partial charge in [-0.25, -0.2) is 0 Å². The summed E-state index contributed by atoms with van der Waals surface area (Å²) in [5.74, 6) is 0. The highest BCUT2D eigenvalue weighted by atomic mass is 32.1. The second-order valence-electron chi connectivity index (χ2n) is 6.80. The van der Waals surface area contributed by atoms with Crippen LogP contribution in [0.4, 0.5) is 0 Å². The summed E-state index contributed by atoms with van der Waals surface area (Å²) in [6, 6.07) is 5.39. The van der Waals surface area contributed by atoms with Gasteiger partial charge in [-0.2, -0.15) is 0 Å². The Bertz CT molecular complexity index is 399. The van der Waals surface area contributed by atoms with Gasteiger partial charge in [0.2, 0.25) is 0 Å². The summed E-state index contributed by atoms with van der Waals surface area (Å²) >= 11 is 1.85. The summed E-state index contributed by atoms with van der Waals surface area (Å²) in [5.41, 5.74) is 0.253. The van der Waals surface area contributed by atoms with E-state index in [9.17, 15) is 0 Å².